The molecule has 0 aliphatic carbocycles. The molecule has 0 radical (unpaired) electrons. The van der Waals surface area contributed by atoms with Gasteiger partial charge < -0.3 is 0 Å². The van der Waals surface area contributed by atoms with Gasteiger partial charge in [-0.3, -0.25) is 4.79 Å². The summed E-state index contributed by atoms with van der Waals surface area (Å²) in [6.07, 6.45) is 3.64. The van der Waals surface area contributed by atoms with Crippen molar-refractivity contribution < 1.29 is 4.79 Å². The van der Waals surface area contributed by atoms with Gasteiger partial charge in [-0.1, -0.05) is 26.7 Å². The van der Waals surface area contributed by atoms with Crippen molar-refractivity contribution in [2.24, 2.45) is 11.8 Å². The van der Waals surface area contributed by atoms with E-state index < -0.39 is 0 Å². The fourth-order valence-corrected chi connectivity index (χ4v) is 2.97. The minimum atomic E-state index is 0.386. The molecule has 1 fully saturated rings. The monoisotopic (exact) mass is 186 g/mol. The molecule has 0 N–H and O–H groups in total. The smallest absolute Gasteiger partial charge is 0.146 e. The van der Waals surface area contributed by atoms with E-state index >= 15 is 0 Å². The van der Waals surface area contributed by atoms with Crippen molar-refractivity contribution in [3.8, 4) is 0 Å². The number of ketones is 1. The van der Waals surface area contributed by atoms with Crippen LogP contribution in [0.5, 0.6) is 0 Å². The normalized spacial score (nSPS) is 26.2. The Hall–Kier alpha value is 0.0200. The maximum Gasteiger partial charge on any atom is 0.146 e. The van der Waals surface area contributed by atoms with Gasteiger partial charge in [0.05, 0.1) is 5.75 Å². The van der Waals surface area contributed by atoms with E-state index in [0.29, 0.717) is 11.7 Å². The zero-order valence-corrected chi connectivity index (χ0v) is 8.82. The fourth-order valence-electron chi connectivity index (χ4n) is 1.81. The van der Waals surface area contributed by atoms with Crippen molar-refractivity contribution in [3.63, 3.8) is 0 Å². The highest BCUT2D eigenvalue weighted by atomic mass is 32.2. The third-order valence-electron chi connectivity index (χ3n) is 2.49. The molecular formula is C10H18OS. The third kappa shape index (κ3) is 2.81. The lowest BCUT2D eigenvalue weighted by molar-refractivity contribution is -0.119. The highest BCUT2D eigenvalue weighted by Crippen LogP contribution is 2.27. The highest BCUT2D eigenvalue weighted by molar-refractivity contribution is 8.00. The van der Waals surface area contributed by atoms with Gasteiger partial charge in [0.25, 0.3) is 0 Å². The SMILES string of the molecule is CCCC(C)CC1CSCC1=O. The van der Waals surface area contributed by atoms with Crippen molar-refractivity contribution in [1.82, 2.24) is 0 Å². The Morgan fingerprint density at radius 3 is 2.92 bits per heavy atom. The zero-order valence-electron chi connectivity index (χ0n) is 8.01. The summed E-state index contributed by atoms with van der Waals surface area (Å²) in [7, 11) is 0. The average molecular weight is 186 g/mol. The second kappa shape index (κ2) is 4.90. The summed E-state index contributed by atoms with van der Waals surface area (Å²) in [5.41, 5.74) is 0. The van der Waals surface area contributed by atoms with Crippen LogP contribution in [-0.2, 0) is 4.79 Å². The maximum atomic E-state index is 11.3. The van der Waals surface area contributed by atoms with Gasteiger partial charge in [-0.05, 0) is 12.3 Å². The number of hydrogen-bond acceptors (Lipinski definition) is 2. The number of Topliss-reactive ketones (excluding diaryl/α,β-unsaturated/α-hetero) is 1. The van der Waals surface area contributed by atoms with Crippen LogP contribution >= 0.6 is 11.8 Å². The second-order valence-electron chi connectivity index (χ2n) is 3.81. The van der Waals surface area contributed by atoms with Gasteiger partial charge in [-0.15, -0.1) is 0 Å². The van der Waals surface area contributed by atoms with Crippen LogP contribution in [0.15, 0.2) is 0 Å². The molecule has 0 aromatic heterocycles. The lowest BCUT2D eigenvalue weighted by Gasteiger charge is -2.13. The molecule has 12 heavy (non-hydrogen) atoms. The molecule has 1 aliphatic rings. The summed E-state index contributed by atoms with van der Waals surface area (Å²) in [4.78, 5) is 11.3. The number of hydrogen-bond donors (Lipinski definition) is 0. The van der Waals surface area contributed by atoms with E-state index in [1.807, 2.05) is 0 Å². The molecule has 1 saturated heterocycles. The van der Waals surface area contributed by atoms with Crippen LogP contribution in [0.25, 0.3) is 0 Å². The lowest BCUT2D eigenvalue weighted by Crippen LogP contribution is -2.14. The Morgan fingerprint density at radius 1 is 1.67 bits per heavy atom. The van der Waals surface area contributed by atoms with Crippen LogP contribution in [0.4, 0.5) is 0 Å². The fraction of sp³-hybridized carbons (Fsp3) is 0.900. The largest absolute Gasteiger partial charge is 0.298 e. The van der Waals surface area contributed by atoms with Crippen molar-refractivity contribution in [2.75, 3.05) is 11.5 Å². The first-order valence-electron chi connectivity index (χ1n) is 4.84. The molecule has 1 heterocycles. The van der Waals surface area contributed by atoms with E-state index in [2.05, 4.69) is 13.8 Å². The number of rotatable bonds is 4. The van der Waals surface area contributed by atoms with Crippen molar-refractivity contribution >= 4 is 17.5 Å². The van der Waals surface area contributed by atoms with Gasteiger partial charge in [0, 0.05) is 11.7 Å². The average Bonchev–Trinajstić information content (AvgIpc) is 2.37. The van der Waals surface area contributed by atoms with E-state index in [0.717, 1.165) is 23.8 Å². The zero-order chi connectivity index (χ0) is 8.97. The Morgan fingerprint density at radius 2 is 2.42 bits per heavy atom. The van der Waals surface area contributed by atoms with Crippen LogP contribution in [0.2, 0.25) is 0 Å². The summed E-state index contributed by atoms with van der Waals surface area (Å²) < 4.78 is 0. The maximum absolute atomic E-state index is 11.3. The Labute approximate surface area is 79.3 Å². The van der Waals surface area contributed by atoms with Gasteiger partial charge in [0.1, 0.15) is 5.78 Å². The van der Waals surface area contributed by atoms with Crippen LogP contribution in [0.3, 0.4) is 0 Å². The first-order chi connectivity index (χ1) is 5.74. The predicted octanol–water partition coefficient (Wildman–Crippen LogP) is 2.74. The first-order valence-corrected chi connectivity index (χ1v) is 6.00. The molecule has 0 aromatic rings. The molecule has 2 heteroatoms. The van der Waals surface area contributed by atoms with E-state index in [-0.39, 0.29) is 0 Å². The quantitative estimate of drug-likeness (QED) is 0.671. The topological polar surface area (TPSA) is 17.1 Å². The molecular weight excluding hydrogens is 168 g/mol. The van der Waals surface area contributed by atoms with Crippen molar-refractivity contribution in [1.29, 1.82) is 0 Å². The van der Waals surface area contributed by atoms with Gasteiger partial charge in [-0.2, -0.15) is 11.8 Å². The van der Waals surface area contributed by atoms with Crippen LogP contribution < -0.4 is 0 Å². The van der Waals surface area contributed by atoms with Gasteiger partial charge in [-0.25, -0.2) is 0 Å². The van der Waals surface area contributed by atoms with E-state index in [1.54, 1.807) is 11.8 Å². The third-order valence-corrected chi connectivity index (χ3v) is 3.61. The number of carbonyl (C=O) groups excluding carboxylic acids is 1. The molecule has 1 rings (SSSR count). The molecule has 0 saturated carbocycles. The Balaban J connectivity index is 2.25. The molecule has 2 atom stereocenters. The minimum Gasteiger partial charge on any atom is -0.298 e. The minimum absolute atomic E-state index is 0.386. The standard InChI is InChI=1S/C10H18OS/c1-3-4-8(2)5-9-6-12-7-10(9)11/h8-9H,3-7H2,1-2H3. The molecule has 0 aromatic carbocycles. The molecule has 70 valence electrons. The van der Waals surface area contributed by atoms with E-state index in [4.69, 9.17) is 0 Å². The Kier molecular flexibility index (Phi) is 4.13. The molecule has 0 amide bonds. The summed E-state index contributed by atoms with van der Waals surface area (Å²) in [5.74, 6) is 3.46. The van der Waals surface area contributed by atoms with Gasteiger partial charge in [0.15, 0.2) is 0 Å². The van der Waals surface area contributed by atoms with Crippen molar-refractivity contribution in [3.05, 3.63) is 0 Å². The second-order valence-corrected chi connectivity index (χ2v) is 4.84. The molecule has 2 unspecified atom stereocenters. The predicted molar refractivity (Wildman–Crippen MR) is 54.5 cm³/mol. The van der Waals surface area contributed by atoms with E-state index in [9.17, 15) is 4.79 Å². The Bertz CT molecular complexity index is 156. The molecule has 0 bridgehead atoms. The molecule has 0 spiro atoms. The lowest BCUT2D eigenvalue weighted by atomic mass is 9.92. The van der Waals surface area contributed by atoms with Crippen LogP contribution in [-0.4, -0.2) is 17.3 Å². The summed E-state index contributed by atoms with van der Waals surface area (Å²) >= 11 is 1.80. The molecule has 1 nitrogen and oxygen atoms in total. The first kappa shape index (κ1) is 10.1. The van der Waals surface area contributed by atoms with Crippen LogP contribution in [0.1, 0.15) is 33.1 Å². The number of carbonyl (C=O) groups is 1. The highest BCUT2D eigenvalue weighted by Gasteiger charge is 2.25. The van der Waals surface area contributed by atoms with E-state index in [1.165, 1.54) is 12.8 Å². The summed E-state index contributed by atoms with van der Waals surface area (Å²) in [5, 5.41) is 0. The van der Waals surface area contributed by atoms with Gasteiger partial charge >= 0.3 is 0 Å². The summed E-state index contributed by atoms with van der Waals surface area (Å²) in [6, 6.07) is 0. The van der Waals surface area contributed by atoms with Crippen LogP contribution in [0, 0.1) is 11.8 Å². The van der Waals surface area contributed by atoms with Crippen molar-refractivity contribution in [2.45, 2.75) is 33.1 Å². The van der Waals surface area contributed by atoms with Gasteiger partial charge in [0.2, 0.25) is 0 Å². The number of thioether (sulfide) groups is 1. The summed E-state index contributed by atoms with van der Waals surface area (Å²) in [6.45, 7) is 4.47. The molecule has 1 aliphatic heterocycles.